The Labute approximate surface area is 123 Å². The molecule has 0 amide bonds. The van der Waals surface area contributed by atoms with E-state index in [1.807, 2.05) is 0 Å². The fraction of sp³-hybridized carbons (Fsp3) is 0.778. The van der Waals surface area contributed by atoms with Gasteiger partial charge in [-0.25, -0.2) is 0 Å². The third kappa shape index (κ3) is 10.1. The van der Waals surface area contributed by atoms with Crippen LogP contribution in [0.3, 0.4) is 0 Å². The Bertz CT molecular complexity index is 414. The number of carboxylic acid groups (broad SMARTS) is 1. The van der Waals surface area contributed by atoms with Crippen molar-refractivity contribution in [2.75, 3.05) is 13.2 Å². The van der Waals surface area contributed by atoms with Crippen LogP contribution in [0, 0.1) is 20.2 Å². The molecule has 0 fully saturated rings. The molecule has 0 spiro atoms. The third-order valence-electron chi connectivity index (χ3n) is 2.28. The van der Waals surface area contributed by atoms with Gasteiger partial charge in [-0.05, 0) is 6.42 Å². The molecule has 0 bridgehead atoms. The zero-order valence-corrected chi connectivity index (χ0v) is 11.3. The molecule has 2 atom stereocenters. The van der Waals surface area contributed by atoms with Gasteiger partial charge in [0.1, 0.15) is 18.8 Å². The van der Waals surface area contributed by atoms with Gasteiger partial charge < -0.3 is 25.3 Å². The summed E-state index contributed by atoms with van der Waals surface area (Å²) < 4.78 is 4.68. The number of esters is 1. The van der Waals surface area contributed by atoms with E-state index in [9.17, 15) is 29.8 Å². The smallest absolute Gasteiger partial charge is 0.320 e. The van der Waals surface area contributed by atoms with Crippen molar-refractivity contribution in [1.29, 1.82) is 0 Å². The number of nitrogens with two attached hydrogens (primary N) is 1. The number of aliphatic carboxylic acids is 1. The van der Waals surface area contributed by atoms with E-state index < -0.39 is 40.9 Å². The zero-order chi connectivity index (χ0) is 17.1. The number of carboxylic acids is 1. The topological polar surface area (TPSA) is 194 Å². The molecule has 0 aliphatic rings. The van der Waals surface area contributed by atoms with Crippen molar-refractivity contribution in [3.63, 3.8) is 0 Å². The van der Waals surface area contributed by atoms with Gasteiger partial charge in [-0.1, -0.05) is 0 Å². The Morgan fingerprint density at radius 1 is 1.18 bits per heavy atom. The lowest BCUT2D eigenvalue weighted by molar-refractivity contribution is -0.790. The van der Waals surface area contributed by atoms with E-state index in [2.05, 4.69) is 14.4 Å². The minimum Gasteiger partial charge on any atom is -0.480 e. The number of hydrogen-bond acceptors (Lipinski definition) is 10. The van der Waals surface area contributed by atoms with Crippen molar-refractivity contribution >= 4 is 11.9 Å². The molecule has 0 aromatic rings. The van der Waals surface area contributed by atoms with Crippen LogP contribution in [0.15, 0.2) is 0 Å². The van der Waals surface area contributed by atoms with Gasteiger partial charge in [-0.3, -0.25) is 9.59 Å². The lowest BCUT2D eigenvalue weighted by atomic mass is 10.2. The van der Waals surface area contributed by atoms with Crippen LogP contribution in [-0.2, 0) is 24.0 Å². The average molecular weight is 325 g/mol. The summed E-state index contributed by atoms with van der Waals surface area (Å²) in [5.41, 5.74) is 5.18. The lowest BCUT2D eigenvalue weighted by Gasteiger charge is -2.13. The van der Waals surface area contributed by atoms with Gasteiger partial charge in [-0.15, -0.1) is 20.2 Å². The number of ether oxygens (including phenoxy) is 1. The molecule has 0 saturated heterocycles. The standard InChI is InChI=1S/C9H15N3O10/c10-7(9(14)15)1-2-8(13)20-4-3-6(22-12(18)19)5-21-11(16)17/h6-7H,1-5,10H2,(H,14,15)/t6-,7+/m1/s1. The summed E-state index contributed by atoms with van der Waals surface area (Å²) in [4.78, 5) is 49.9. The molecule has 0 radical (unpaired) electrons. The molecule has 0 aliphatic carbocycles. The van der Waals surface area contributed by atoms with Crippen LogP contribution >= 0.6 is 0 Å². The van der Waals surface area contributed by atoms with Crippen molar-refractivity contribution in [1.82, 2.24) is 0 Å². The number of nitrogens with zero attached hydrogens (tertiary/aromatic N) is 2. The van der Waals surface area contributed by atoms with E-state index in [1.54, 1.807) is 0 Å². The summed E-state index contributed by atoms with van der Waals surface area (Å²) in [7, 11) is 0. The Morgan fingerprint density at radius 2 is 1.82 bits per heavy atom. The van der Waals surface area contributed by atoms with E-state index in [0.717, 1.165) is 0 Å². The largest absolute Gasteiger partial charge is 0.480 e. The molecule has 0 aliphatic heterocycles. The van der Waals surface area contributed by atoms with Crippen molar-refractivity contribution in [3.8, 4) is 0 Å². The molecule has 13 nitrogen and oxygen atoms in total. The number of carbonyl (C=O) groups is 2. The maximum absolute atomic E-state index is 11.3. The molecule has 0 rings (SSSR count). The maximum atomic E-state index is 11.3. The van der Waals surface area contributed by atoms with Crippen LogP contribution in [-0.4, -0.2) is 52.6 Å². The first-order chi connectivity index (χ1) is 10.2. The van der Waals surface area contributed by atoms with Gasteiger partial charge in [0.15, 0.2) is 0 Å². The van der Waals surface area contributed by atoms with Crippen LogP contribution in [0.4, 0.5) is 0 Å². The third-order valence-corrected chi connectivity index (χ3v) is 2.28. The van der Waals surface area contributed by atoms with Crippen LogP contribution < -0.4 is 5.73 Å². The predicted octanol–water partition coefficient (Wildman–Crippen LogP) is -1.10. The van der Waals surface area contributed by atoms with Crippen LogP contribution in [0.5, 0.6) is 0 Å². The molecular weight excluding hydrogens is 310 g/mol. The highest BCUT2D eigenvalue weighted by atomic mass is 17.0. The highest BCUT2D eigenvalue weighted by Crippen LogP contribution is 2.03. The van der Waals surface area contributed by atoms with Crippen molar-refractivity contribution in [3.05, 3.63) is 20.2 Å². The highest BCUT2D eigenvalue weighted by molar-refractivity contribution is 5.75. The number of hydrogen-bond donors (Lipinski definition) is 2. The summed E-state index contributed by atoms with van der Waals surface area (Å²) in [5, 5.41) is 26.4. The second-order valence-corrected chi connectivity index (χ2v) is 3.96. The second-order valence-electron chi connectivity index (χ2n) is 3.96. The van der Waals surface area contributed by atoms with Gasteiger partial charge in [0.05, 0.1) is 6.61 Å². The van der Waals surface area contributed by atoms with Gasteiger partial charge in [0.2, 0.25) is 0 Å². The van der Waals surface area contributed by atoms with E-state index in [4.69, 9.17) is 10.8 Å². The summed E-state index contributed by atoms with van der Waals surface area (Å²) in [6.45, 7) is -1.02. The zero-order valence-electron chi connectivity index (χ0n) is 11.3. The fourth-order valence-corrected chi connectivity index (χ4v) is 1.21. The Morgan fingerprint density at radius 3 is 2.32 bits per heavy atom. The molecule has 0 aromatic carbocycles. The van der Waals surface area contributed by atoms with E-state index in [-0.39, 0.29) is 25.9 Å². The quantitative estimate of drug-likeness (QED) is 0.251. The Kier molecular flexibility index (Phi) is 8.85. The SMILES string of the molecule is N[C@@H](CCC(=O)OCC[C@H](CO[N+](=O)[O-])O[N+](=O)[O-])C(=O)O. The molecule has 22 heavy (non-hydrogen) atoms. The maximum Gasteiger partial charge on any atom is 0.320 e. The Balaban J connectivity index is 4.04. The molecule has 0 saturated carbocycles. The highest BCUT2D eigenvalue weighted by Gasteiger charge is 2.18. The number of rotatable bonds is 12. The van der Waals surface area contributed by atoms with E-state index in [1.165, 1.54) is 0 Å². The molecular formula is C9H15N3O10. The molecule has 0 heterocycles. The average Bonchev–Trinajstić information content (AvgIpc) is 2.41. The van der Waals surface area contributed by atoms with E-state index >= 15 is 0 Å². The first-order valence-electron chi connectivity index (χ1n) is 5.94. The van der Waals surface area contributed by atoms with Gasteiger partial charge >= 0.3 is 11.9 Å². The lowest BCUT2D eigenvalue weighted by Crippen LogP contribution is -2.31. The van der Waals surface area contributed by atoms with Crippen LogP contribution in [0.1, 0.15) is 19.3 Å². The number of carbonyl (C=O) groups excluding carboxylic acids is 1. The molecule has 126 valence electrons. The fourth-order valence-electron chi connectivity index (χ4n) is 1.21. The molecule has 3 N–H and O–H groups in total. The molecule has 13 heteroatoms. The van der Waals surface area contributed by atoms with Crippen molar-refractivity contribution in [2.45, 2.75) is 31.4 Å². The minimum atomic E-state index is -1.28. The summed E-state index contributed by atoms with van der Waals surface area (Å²) in [5.74, 6) is -2.02. The minimum absolute atomic E-state index is 0.132. The first kappa shape index (κ1) is 19.3. The monoisotopic (exact) mass is 325 g/mol. The molecule has 0 unspecified atom stereocenters. The van der Waals surface area contributed by atoms with Gasteiger partial charge in [0, 0.05) is 12.8 Å². The van der Waals surface area contributed by atoms with Crippen molar-refractivity contribution < 1.29 is 39.3 Å². The van der Waals surface area contributed by atoms with Gasteiger partial charge in [-0.2, -0.15) is 0 Å². The normalized spacial score (nSPS) is 12.8. The summed E-state index contributed by atoms with van der Waals surface area (Å²) in [6, 6.07) is -1.20. The molecule has 0 aromatic heterocycles. The van der Waals surface area contributed by atoms with Crippen LogP contribution in [0.2, 0.25) is 0 Å². The summed E-state index contributed by atoms with van der Waals surface area (Å²) >= 11 is 0. The van der Waals surface area contributed by atoms with Gasteiger partial charge in [0.25, 0.3) is 10.2 Å². The Hall–Kier alpha value is -2.70. The second kappa shape index (κ2) is 10.1. The predicted molar refractivity (Wildman–Crippen MR) is 65.2 cm³/mol. The van der Waals surface area contributed by atoms with Crippen molar-refractivity contribution in [2.24, 2.45) is 5.73 Å². The first-order valence-corrected chi connectivity index (χ1v) is 5.94. The van der Waals surface area contributed by atoms with E-state index in [0.29, 0.717) is 0 Å². The van der Waals surface area contributed by atoms with Crippen LogP contribution in [0.25, 0.3) is 0 Å². The summed E-state index contributed by atoms with van der Waals surface area (Å²) in [6.07, 6.45) is -1.88.